The topological polar surface area (TPSA) is 101 Å². The zero-order chi connectivity index (χ0) is 14.5. The first kappa shape index (κ1) is 13.9. The van der Waals surface area contributed by atoms with Crippen molar-refractivity contribution in [1.82, 2.24) is 4.98 Å². The molecule has 0 aliphatic carbocycles. The van der Waals surface area contributed by atoms with Gasteiger partial charge in [0.05, 0.1) is 17.5 Å². The molecule has 2 aromatic rings. The van der Waals surface area contributed by atoms with Crippen molar-refractivity contribution < 1.29 is 14.3 Å². The molecule has 0 fully saturated rings. The maximum absolute atomic E-state index is 11.0. The molecule has 0 saturated heterocycles. The van der Waals surface area contributed by atoms with Crippen LogP contribution in [0.3, 0.4) is 0 Å². The van der Waals surface area contributed by atoms with E-state index in [1.54, 1.807) is 6.26 Å². The lowest BCUT2D eigenvalue weighted by Gasteiger charge is -2.16. The van der Waals surface area contributed by atoms with E-state index in [9.17, 15) is 4.79 Å². The van der Waals surface area contributed by atoms with Crippen molar-refractivity contribution in [2.45, 2.75) is 25.8 Å². The van der Waals surface area contributed by atoms with Crippen molar-refractivity contribution in [2.75, 3.05) is 11.1 Å². The fraction of sp³-hybridized carbons (Fsp3) is 0.286. The third kappa shape index (κ3) is 3.28. The molecular weight excluding hydrogens is 258 g/mol. The lowest BCUT2D eigenvalue weighted by molar-refractivity contribution is 0.0698. The molecule has 0 radical (unpaired) electrons. The molecule has 0 aliphatic rings. The number of carbonyl (C=O) groups is 1. The van der Waals surface area contributed by atoms with Gasteiger partial charge < -0.3 is 20.6 Å². The molecule has 2 heterocycles. The normalized spacial score (nSPS) is 12.1. The minimum absolute atomic E-state index is 0.0562. The first-order valence-corrected chi connectivity index (χ1v) is 6.34. The predicted octanol–water partition coefficient (Wildman–Crippen LogP) is 2.39. The van der Waals surface area contributed by atoms with Gasteiger partial charge in [-0.1, -0.05) is 0 Å². The number of hydrogen-bond donors (Lipinski definition) is 3. The van der Waals surface area contributed by atoms with Crippen LogP contribution in [0.25, 0.3) is 0 Å². The molecule has 6 nitrogen and oxygen atoms in total. The highest BCUT2D eigenvalue weighted by molar-refractivity contribution is 5.96. The average molecular weight is 275 g/mol. The smallest absolute Gasteiger partial charge is 0.337 e. The van der Waals surface area contributed by atoms with Crippen LogP contribution in [0.15, 0.2) is 35.1 Å². The molecule has 4 N–H and O–H groups in total. The van der Waals surface area contributed by atoms with E-state index in [1.807, 2.05) is 19.1 Å². The molecule has 0 amide bonds. The summed E-state index contributed by atoms with van der Waals surface area (Å²) in [5.41, 5.74) is 6.01. The minimum atomic E-state index is -1.06. The van der Waals surface area contributed by atoms with Gasteiger partial charge in [-0.05, 0) is 31.5 Å². The highest BCUT2D eigenvalue weighted by Crippen LogP contribution is 2.21. The van der Waals surface area contributed by atoms with E-state index in [0.29, 0.717) is 5.82 Å². The quantitative estimate of drug-likeness (QED) is 0.748. The Kier molecular flexibility index (Phi) is 4.24. The SMILES string of the molecule is CC(CCc1ccco1)Nc1nccc(C(=O)O)c1N. The molecule has 0 aromatic carbocycles. The Bertz CT molecular complexity index is 581. The number of furan rings is 1. The third-order valence-electron chi connectivity index (χ3n) is 3.01. The number of anilines is 2. The van der Waals surface area contributed by atoms with Gasteiger partial charge in [0.1, 0.15) is 11.6 Å². The summed E-state index contributed by atoms with van der Waals surface area (Å²) in [4.78, 5) is 15.1. The van der Waals surface area contributed by atoms with Crippen LogP contribution in [-0.2, 0) is 6.42 Å². The van der Waals surface area contributed by atoms with Gasteiger partial charge in [-0.25, -0.2) is 9.78 Å². The van der Waals surface area contributed by atoms with Crippen molar-refractivity contribution in [2.24, 2.45) is 0 Å². The lowest BCUT2D eigenvalue weighted by Crippen LogP contribution is -2.19. The van der Waals surface area contributed by atoms with Crippen LogP contribution in [0.4, 0.5) is 11.5 Å². The molecule has 2 aromatic heterocycles. The van der Waals surface area contributed by atoms with Gasteiger partial charge in [-0.15, -0.1) is 0 Å². The molecule has 0 spiro atoms. The second-order valence-electron chi connectivity index (χ2n) is 4.59. The Labute approximate surface area is 116 Å². The average Bonchev–Trinajstić information content (AvgIpc) is 2.91. The summed E-state index contributed by atoms with van der Waals surface area (Å²) in [5.74, 6) is 0.256. The molecular formula is C14H17N3O3. The predicted molar refractivity (Wildman–Crippen MR) is 75.7 cm³/mol. The molecule has 106 valence electrons. The zero-order valence-corrected chi connectivity index (χ0v) is 11.2. The summed E-state index contributed by atoms with van der Waals surface area (Å²) >= 11 is 0. The van der Waals surface area contributed by atoms with Gasteiger partial charge in [-0.2, -0.15) is 0 Å². The summed E-state index contributed by atoms with van der Waals surface area (Å²) in [6.07, 6.45) is 4.69. The number of pyridine rings is 1. The van der Waals surface area contributed by atoms with E-state index in [-0.39, 0.29) is 17.3 Å². The summed E-state index contributed by atoms with van der Waals surface area (Å²) in [7, 11) is 0. The highest BCUT2D eigenvalue weighted by atomic mass is 16.4. The fourth-order valence-corrected chi connectivity index (χ4v) is 1.89. The van der Waals surface area contributed by atoms with Crippen LogP contribution in [0.1, 0.15) is 29.5 Å². The number of aryl methyl sites for hydroxylation is 1. The molecule has 1 atom stereocenters. The molecule has 0 saturated carbocycles. The van der Waals surface area contributed by atoms with Crippen molar-refractivity contribution in [1.29, 1.82) is 0 Å². The number of hydrogen-bond acceptors (Lipinski definition) is 5. The largest absolute Gasteiger partial charge is 0.478 e. The van der Waals surface area contributed by atoms with Gasteiger partial charge in [-0.3, -0.25) is 0 Å². The standard InChI is InChI=1S/C14H17N3O3/c1-9(4-5-10-3-2-8-20-10)17-13-12(15)11(14(18)19)6-7-16-13/h2-3,6-9H,4-5,15H2,1H3,(H,16,17)(H,18,19). The van der Waals surface area contributed by atoms with Gasteiger partial charge in [0, 0.05) is 18.7 Å². The molecule has 6 heteroatoms. The second-order valence-corrected chi connectivity index (χ2v) is 4.59. The number of nitrogens with one attached hydrogen (secondary N) is 1. The second kappa shape index (κ2) is 6.10. The fourth-order valence-electron chi connectivity index (χ4n) is 1.89. The molecule has 0 bridgehead atoms. The molecule has 0 aliphatic heterocycles. The summed E-state index contributed by atoms with van der Waals surface area (Å²) in [6.45, 7) is 1.98. The molecule has 20 heavy (non-hydrogen) atoms. The van der Waals surface area contributed by atoms with Crippen LogP contribution in [0.2, 0.25) is 0 Å². The lowest BCUT2D eigenvalue weighted by atomic mass is 10.1. The maximum atomic E-state index is 11.0. The minimum Gasteiger partial charge on any atom is -0.478 e. The van der Waals surface area contributed by atoms with E-state index in [2.05, 4.69) is 10.3 Å². The number of aromatic nitrogens is 1. The number of nitrogens with zero attached hydrogens (tertiary/aromatic N) is 1. The van der Waals surface area contributed by atoms with Crippen molar-refractivity contribution in [3.8, 4) is 0 Å². The maximum Gasteiger partial charge on any atom is 0.337 e. The van der Waals surface area contributed by atoms with Crippen LogP contribution < -0.4 is 11.1 Å². The van der Waals surface area contributed by atoms with Gasteiger partial charge >= 0.3 is 5.97 Å². The van der Waals surface area contributed by atoms with E-state index >= 15 is 0 Å². The number of nitrogen functional groups attached to an aromatic ring is 1. The van der Waals surface area contributed by atoms with Gasteiger partial charge in [0.2, 0.25) is 0 Å². The van der Waals surface area contributed by atoms with Gasteiger partial charge in [0.15, 0.2) is 0 Å². The van der Waals surface area contributed by atoms with E-state index in [0.717, 1.165) is 18.6 Å². The van der Waals surface area contributed by atoms with E-state index < -0.39 is 5.97 Å². The molecule has 2 rings (SSSR count). The van der Waals surface area contributed by atoms with Crippen molar-refractivity contribution in [3.05, 3.63) is 42.0 Å². The first-order chi connectivity index (χ1) is 9.58. The summed E-state index contributed by atoms with van der Waals surface area (Å²) < 4.78 is 5.26. The monoisotopic (exact) mass is 275 g/mol. The Balaban J connectivity index is 1.99. The van der Waals surface area contributed by atoms with Gasteiger partial charge in [0.25, 0.3) is 0 Å². The number of nitrogens with two attached hydrogens (primary N) is 1. The van der Waals surface area contributed by atoms with Crippen LogP contribution in [0.5, 0.6) is 0 Å². The number of rotatable bonds is 6. The number of carboxylic acid groups (broad SMARTS) is 1. The van der Waals surface area contributed by atoms with Crippen LogP contribution in [-0.4, -0.2) is 22.1 Å². The van der Waals surface area contributed by atoms with Crippen LogP contribution >= 0.6 is 0 Å². The van der Waals surface area contributed by atoms with E-state index in [4.69, 9.17) is 15.3 Å². The highest BCUT2D eigenvalue weighted by Gasteiger charge is 2.14. The Morgan fingerprint density at radius 1 is 1.55 bits per heavy atom. The summed E-state index contributed by atoms with van der Waals surface area (Å²) in [5, 5.41) is 12.1. The first-order valence-electron chi connectivity index (χ1n) is 6.34. The Hall–Kier alpha value is -2.50. The Morgan fingerprint density at radius 3 is 3.00 bits per heavy atom. The van der Waals surface area contributed by atoms with Crippen molar-refractivity contribution >= 4 is 17.5 Å². The summed E-state index contributed by atoms with van der Waals surface area (Å²) in [6, 6.07) is 5.25. The third-order valence-corrected chi connectivity index (χ3v) is 3.01. The van der Waals surface area contributed by atoms with Crippen molar-refractivity contribution in [3.63, 3.8) is 0 Å². The number of aromatic carboxylic acids is 1. The van der Waals surface area contributed by atoms with E-state index in [1.165, 1.54) is 12.3 Å². The Morgan fingerprint density at radius 2 is 2.35 bits per heavy atom. The molecule has 1 unspecified atom stereocenters. The number of carboxylic acids is 1. The zero-order valence-electron chi connectivity index (χ0n) is 11.2. The van der Waals surface area contributed by atoms with Crippen LogP contribution in [0, 0.1) is 0 Å².